The smallest absolute Gasteiger partial charge is 0.102 e. The highest BCUT2D eigenvalue weighted by molar-refractivity contribution is 4.76. The van der Waals surface area contributed by atoms with E-state index in [9.17, 15) is 4.39 Å². The van der Waals surface area contributed by atoms with Crippen LogP contribution in [0.3, 0.4) is 0 Å². The molecule has 0 aliphatic rings. The summed E-state index contributed by atoms with van der Waals surface area (Å²) in [6, 6.07) is 0. The highest BCUT2D eigenvalue weighted by atomic mass is 19.1. The first-order valence-electron chi connectivity index (χ1n) is 3.54. The average molecular weight is 149 g/mol. The Labute approximate surface area is 61.4 Å². The van der Waals surface area contributed by atoms with Crippen LogP contribution in [0.15, 0.2) is 0 Å². The van der Waals surface area contributed by atoms with E-state index in [1.54, 1.807) is 0 Å². The minimum Gasteiger partial charge on any atom is -0.396 e. The van der Waals surface area contributed by atoms with Gasteiger partial charge in [-0.15, -0.1) is 0 Å². The van der Waals surface area contributed by atoms with E-state index < -0.39 is 0 Å². The van der Waals surface area contributed by atoms with Gasteiger partial charge < -0.3 is 10.4 Å². The Kier molecular flexibility index (Phi) is 4.56. The molecule has 0 saturated carbocycles. The second-order valence-corrected chi connectivity index (χ2v) is 2.97. The summed E-state index contributed by atoms with van der Waals surface area (Å²) in [7, 11) is 0. The number of hydrogen-bond donors (Lipinski definition) is 2. The molecule has 0 amide bonds. The molecule has 62 valence electrons. The quantitative estimate of drug-likeness (QED) is 0.603. The van der Waals surface area contributed by atoms with Gasteiger partial charge in [0.05, 0.1) is 0 Å². The summed E-state index contributed by atoms with van der Waals surface area (Å²) < 4.78 is 11.6. The molecule has 0 spiro atoms. The van der Waals surface area contributed by atoms with Gasteiger partial charge in [-0.05, 0) is 20.3 Å². The van der Waals surface area contributed by atoms with Gasteiger partial charge in [0.1, 0.15) is 6.67 Å². The van der Waals surface area contributed by atoms with Gasteiger partial charge in [-0.1, -0.05) is 0 Å². The zero-order valence-corrected chi connectivity index (χ0v) is 6.65. The summed E-state index contributed by atoms with van der Waals surface area (Å²) in [4.78, 5) is 0. The monoisotopic (exact) mass is 149 g/mol. The molecule has 10 heavy (non-hydrogen) atoms. The fourth-order valence-corrected chi connectivity index (χ4v) is 0.754. The Hall–Kier alpha value is -0.150. The minimum atomic E-state index is -0.352. The third kappa shape index (κ3) is 4.70. The third-order valence-electron chi connectivity index (χ3n) is 1.43. The van der Waals surface area contributed by atoms with Gasteiger partial charge in [-0.2, -0.15) is 0 Å². The second-order valence-electron chi connectivity index (χ2n) is 2.97. The predicted octanol–water partition coefficient (Wildman–Crippen LogP) is 0.707. The van der Waals surface area contributed by atoms with Crippen molar-refractivity contribution in [1.29, 1.82) is 0 Å². The molecule has 0 heterocycles. The summed E-state index contributed by atoms with van der Waals surface area (Å²) >= 11 is 0. The molecule has 0 aromatic carbocycles. The molecular formula is C7H16FNO. The van der Waals surface area contributed by atoms with Crippen molar-refractivity contribution in [2.24, 2.45) is 0 Å². The third-order valence-corrected chi connectivity index (χ3v) is 1.43. The molecule has 0 unspecified atom stereocenters. The van der Waals surface area contributed by atoms with Crippen LogP contribution in [0.25, 0.3) is 0 Å². The van der Waals surface area contributed by atoms with Crippen molar-refractivity contribution in [3.8, 4) is 0 Å². The largest absolute Gasteiger partial charge is 0.396 e. The maximum atomic E-state index is 11.6. The number of rotatable bonds is 5. The number of alkyl halides is 1. The van der Waals surface area contributed by atoms with E-state index in [-0.39, 0.29) is 18.8 Å². The number of halogens is 1. The molecule has 0 radical (unpaired) electrons. The number of aliphatic hydroxyl groups is 1. The summed E-state index contributed by atoms with van der Waals surface area (Å²) in [5.74, 6) is 0. The molecule has 0 rings (SSSR count). The summed E-state index contributed by atoms with van der Waals surface area (Å²) in [6.45, 7) is 4.05. The van der Waals surface area contributed by atoms with Crippen LogP contribution in [0.4, 0.5) is 4.39 Å². The van der Waals surface area contributed by atoms with Crippen LogP contribution in [0.2, 0.25) is 0 Å². The van der Waals surface area contributed by atoms with Crippen LogP contribution in [0.5, 0.6) is 0 Å². The lowest BCUT2D eigenvalue weighted by molar-refractivity contribution is 0.228. The maximum absolute atomic E-state index is 11.6. The first-order chi connectivity index (χ1) is 4.62. The topological polar surface area (TPSA) is 32.3 Å². The zero-order valence-electron chi connectivity index (χ0n) is 6.65. The molecule has 0 aliphatic carbocycles. The Morgan fingerprint density at radius 3 is 2.50 bits per heavy atom. The van der Waals surface area contributed by atoms with Crippen LogP contribution in [-0.4, -0.2) is 30.5 Å². The molecule has 0 atom stereocenters. The second kappa shape index (κ2) is 4.63. The first-order valence-corrected chi connectivity index (χ1v) is 3.54. The van der Waals surface area contributed by atoms with Gasteiger partial charge in [0.25, 0.3) is 0 Å². The van der Waals surface area contributed by atoms with E-state index in [0.717, 1.165) is 0 Å². The van der Waals surface area contributed by atoms with Crippen LogP contribution < -0.4 is 5.32 Å². The van der Waals surface area contributed by atoms with Gasteiger partial charge in [-0.25, -0.2) is 4.39 Å². The van der Waals surface area contributed by atoms with E-state index in [2.05, 4.69) is 5.32 Å². The lowest BCUT2D eigenvalue weighted by Crippen LogP contribution is -2.41. The highest BCUT2D eigenvalue weighted by Gasteiger charge is 2.14. The normalized spacial score (nSPS) is 12.0. The molecule has 3 heteroatoms. The molecule has 0 bridgehead atoms. The average Bonchev–Trinajstić information content (AvgIpc) is 1.84. The summed E-state index contributed by atoms with van der Waals surface area (Å²) in [5, 5.41) is 11.5. The van der Waals surface area contributed by atoms with Crippen molar-refractivity contribution < 1.29 is 9.50 Å². The van der Waals surface area contributed by atoms with Gasteiger partial charge in [-0.3, -0.25) is 0 Å². The van der Waals surface area contributed by atoms with Gasteiger partial charge in [0.15, 0.2) is 0 Å². The number of nitrogens with one attached hydrogen (secondary N) is 1. The lowest BCUT2D eigenvalue weighted by atomic mass is 10.0. The van der Waals surface area contributed by atoms with Crippen molar-refractivity contribution >= 4 is 0 Å². The SMILES string of the molecule is CC(C)(CCO)NCCF. The Balaban J connectivity index is 3.42. The lowest BCUT2D eigenvalue weighted by Gasteiger charge is -2.24. The van der Waals surface area contributed by atoms with Crippen molar-refractivity contribution in [3.63, 3.8) is 0 Å². The highest BCUT2D eigenvalue weighted by Crippen LogP contribution is 2.05. The van der Waals surface area contributed by atoms with E-state index in [4.69, 9.17) is 5.11 Å². The fourth-order valence-electron chi connectivity index (χ4n) is 0.754. The van der Waals surface area contributed by atoms with E-state index in [1.807, 2.05) is 13.8 Å². The fraction of sp³-hybridized carbons (Fsp3) is 1.00. The Morgan fingerprint density at radius 2 is 2.10 bits per heavy atom. The molecule has 0 aliphatic heterocycles. The number of hydrogen-bond acceptors (Lipinski definition) is 2. The molecule has 0 saturated heterocycles. The van der Waals surface area contributed by atoms with Crippen molar-refractivity contribution in [2.45, 2.75) is 25.8 Å². The van der Waals surface area contributed by atoms with Crippen molar-refractivity contribution in [2.75, 3.05) is 19.8 Å². The Bertz CT molecular complexity index is 85.7. The van der Waals surface area contributed by atoms with Crippen LogP contribution in [0, 0.1) is 0 Å². The predicted molar refractivity (Wildman–Crippen MR) is 39.8 cm³/mol. The number of aliphatic hydroxyl groups excluding tert-OH is 1. The molecular weight excluding hydrogens is 133 g/mol. The molecule has 0 aromatic rings. The Morgan fingerprint density at radius 1 is 1.50 bits per heavy atom. The van der Waals surface area contributed by atoms with Gasteiger partial charge in [0, 0.05) is 18.7 Å². The van der Waals surface area contributed by atoms with Crippen LogP contribution >= 0.6 is 0 Å². The van der Waals surface area contributed by atoms with E-state index in [1.165, 1.54) is 0 Å². The van der Waals surface area contributed by atoms with E-state index in [0.29, 0.717) is 13.0 Å². The molecule has 2 nitrogen and oxygen atoms in total. The maximum Gasteiger partial charge on any atom is 0.102 e. The summed E-state index contributed by atoms with van der Waals surface area (Å²) in [5.41, 5.74) is -0.138. The molecule has 2 N–H and O–H groups in total. The van der Waals surface area contributed by atoms with Crippen molar-refractivity contribution in [1.82, 2.24) is 5.32 Å². The van der Waals surface area contributed by atoms with Crippen molar-refractivity contribution in [3.05, 3.63) is 0 Å². The zero-order chi connectivity index (χ0) is 8.04. The standard InChI is InChI=1S/C7H16FNO/c1-7(2,3-6-10)9-5-4-8/h9-10H,3-6H2,1-2H3. The summed E-state index contributed by atoms with van der Waals surface area (Å²) in [6.07, 6.45) is 0.660. The van der Waals surface area contributed by atoms with E-state index >= 15 is 0 Å². The molecule has 0 aromatic heterocycles. The minimum absolute atomic E-state index is 0.138. The van der Waals surface area contributed by atoms with Gasteiger partial charge in [0.2, 0.25) is 0 Å². The van der Waals surface area contributed by atoms with Crippen LogP contribution in [0.1, 0.15) is 20.3 Å². The van der Waals surface area contributed by atoms with Crippen LogP contribution in [-0.2, 0) is 0 Å². The van der Waals surface area contributed by atoms with Gasteiger partial charge >= 0.3 is 0 Å². The molecule has 0 fully saturated rings. The first kappa shape index (κ1) is 9.85.